The van der Waals surface area contributed by atoms with Gasteiger partial charge in [0.15, 0.2) is 0 Å². The molecule has 3 aliphatic rings. The molecule has 3 N–H and O–H groups in total. The Morgan fingerprint density at radius 3 is 2.41 bits per heavy atom. The first kappa shape index (κ1) is 32.9. The smallest absolute Gasteiger partial charge is 0.262 e. The fourth-order valence-corrected chi connectivity index (χ4v) is 8.45. The van der Waals surface area contributed by atoms with E-state index in [9.17, 15) is 14.4 Å². The van der Waals surface area contributed by atoms with Gasteiger partial charge in [-0.3, -0.25) is 14.4 Å². The summed E-state index contributed by atoms with van der Waals surface area (Å²) in [7, 11) is 0. The van der Waals surface area contributed by atoms with Crippen LogP contribution in [0.3, 0.4) is 0 Å². The quantitative estimate of drug-likeness (QED) is 0.249. The average molecular weight is 665 g/mol. The van der Waals surface area contributed by atoms with E-state index in [1.54, 1.807) is 0 Å². The Bertz CT molecular complexity index is 1490. The zero-order chi connectivity index (χ0) is 31.9. The second-order valence-corrected chi connectivity index (χ2v) is 14.7. The van der Waals surface area contributed by atoms with Gasteiger partial charge < -0.3 is 25.6 Å². The molecule has 3 fully saturated rings. The minimum Gasteiger partial charge on any atom is -0.381 e. The molecule has 1 atom stereocenters. The summed E-state index contributed by atoms with van der Waals surface area (Å²) in [4.78, 5) is 44.3. The number of nitrogens with zero attached hydrogens (tertiary/aromatic N) is 1. The Balaban J connectivity index is 1.08. The number of fused-ring (bicyclic) bond motifs is 1. The number of carbonyl (C=O) groups excluding carboxylic acids is 3. The summed E-state index contributed by atoms with van der Waals surface area (Å²) in [6.07, 6.45) is 7.49. The molecule has 3 amide bonds. The van der Waals surface area contributed by atoms with Crippen LogP contribution in [0.1, 0.15) is 66.6 Å². The molecule has 1 saturated carbocycles. The van der Waals surface area contributed by atoms with E-state index in [2.05, 4.69) is 20.9 Å². The first-order valence-corrected chi connectivity index (χ1v) is 18.0. The lowest BCUT2D eigenvalue weighted by molar-refractivity contribution is -0.132. The van der Waals surface area contributed by atoms with Crippen LogP contribution < -0.4 is 16.0 Å². The fourth-order valence-electron chi connectivity index (χ4n) is 7.20. The summed E-state index contributed by atoms with van der Waals surface area (Å²) in [5.41, 5.74) is -0.0974. The van der Waals surface area contributed by atoms with Crippen LogP contribution in [-0.2, 0) is 20.7 Å². The molecular weight excluding hydrogens is 620 g/mol. The van der Waals surface area contributed by atoms with Gasteiger partial charge in [0.25, 0.3) is 5.91 Å². The van der Waals surface area contributed by atoms with Crippen molar-refractivity contribution in [3.05, 3.63) is 70.1 Å². The number of benzene rings is 2. The van der Waals surface area contributed by atoms with Crippen LogP contribution in [0.5, 0.6) is 0 Å². The van der Waals surface area contributed by atoms with Gasteiger partial charge in [-0.1, -0.05) is 66.9 Å². The summed E-state index contributed by atoms with van der Waals surface area (Å²) in [5, 5.41) is 10.8. The van der Waals surface area contributed by atoms with E-state index >= 15 is 0 Å². The van der Waals surface area contributed by atoms with Gasteiger partial charge >= 0.3 is 0 Å². The van der Waals surface area contributed by atoms with E-state index < -0.39 is 11.6 Å². The van der Waals surface area contributed by atoms with Crippen molar-refractivity contribution in [2.24, 2.45) is 11.8 Å². The third kappa shape index (κ3) is 8.11. The van der Waals surface area contributed by atoms with Gasteiger partial charge in [-0.25, -0.2) is 0 Å². The van der Waals surface area contributed by atoms with Crippen molar-refractivity contribution < 1.29 is 19.1 Å². The Hall–Kier alpha value is -2.98. The van der Waals surface area contributed by atoms with Gasteiger partial charge in [0.2, 0.25) is 11.8 Å². The molecule has 6 rings (SSSR count). The van der Waals surface area contributed by atoms with Crippen LogP contribution in [0.25, 0.3) is 10.1 Å². The number of nitrogens with one attached hydrogen (secondary N) is 3. The molecule has 0 spiro atoms. The van der Waals surface area contributed by atoms with Gasteiger partial charge in [0.05, 0.1) is 14.6 Å². The SMILES string of the molecule is O=C(NC1(C(=O)N[C@H](Cc2ccccc2)C(=O)NCC2CCN(CC3CCOCC3)CC2)CCCC1)c1cc2cccc(Cl)c2s1. The Morgan fingerprint density at radius 2 is 1.70 bits per heavy atom. The van der Waals surface area contributed by atoms with E-state index in [0.29, 0.717) is 41.6 Å². The standard InChI is InChI=1S/C36H45ClN4O4S/c37-29-10-6-9-28-22-31(46-32(28)29)34(43)40-36(15-4-5-16-36)35(44)39-30(21-25-7-2-1-3-8-25)33(42)38-23-26-11-17-41(18-12-26)24-27-13-19-45-20-14-27/h1-3,6-10,22,26-27,30H,4-5,11-21,23-24H2,(H,38,42)(H,39,44)(H,40,43)/t30-/m1/s1. The molecule has 0 unspecified atom stereocenters. The highest BCUT2D eigenvalue weighted by Crippen LogP contribution is 2.34. The highest BCUT2D eigenvalue weighted by molar-refractivity contribution is 7.21. The Morgan fingerprint density at radius 1 is 0.957 bits per heavy atom. The van der Waals surface area contributed by atoms with E-state index in [1.807, 2.05) is 54.6 Å². The molecule has 1 aromatic heterocycles. The van der Waals surface area contributed by atoms with Crippen LogP contribution in [0.4, 0.5) is 0 Å². The molecule has 46 heavy (non-hydrogen) atoms. The van der Waals surface area contributed by atoms with Crippen molar-refractivity contribution in [3.8, 4) is 0 Å². The lowest BCUT2D eigenvalue weighted by Crippen LogP contribution is -2.61. The molecule has 246 valence electrons. The minimum atomic E-state index is -1.07. The molecule has 2 aromatic carbocycles. The number of carbonyl (C=O) groups is 3. The number of thiophene rings is 1. The molecule has 1 aliphatic carbocycles. The predicted octanol–water partition coefficient (Wildman–Crippen LogP) is 5.58. The summed E-state index contributed by atoms with van der Waals surface area (Å²) >= 11 is 7.69. The fraction of sp³-hybridized carbons (Fsp3) is 0.528. The molecular formula is C36H45ClN4O4S. The van der Waals surface area contributed by atoms with Gasteiger partial charge in [-0.2, -0.15) is 0 Å². The predicted molar refractivity (Wildman–Crippen MR) is 183 cm³/mol. The molecule has 8 nitrogen and oxygen atoms in total. The summed E-state index contributed by atoms with van der Waals surface area (Å²) < 4.78 is 6.37. The Kier molecular flexibility index (Phi) is 10.9. The zero-order valence-corrected chi connectivity index (χ0v) is 28.0. The molecule has 3 heterocycles. The molecule has 2 aliphatic heterocycles. The Labute approximate surface area is 280 Å². The molecule has 3 aromatic rings. The first-order valence-electron chi connectivity index (χ1n) is 16.8. The summed E-state index contributed by atoms with van der Waals surface area (Å²) in [5.74, 6) is 0.374. The van der Waals surface area contributed by atoms with Crippen LogP contribution in [0.2, 0.25) is 5.02 Å². The maximum Gasteiger partial charge on any atom is 0.262 e. The second-order valence-electron chi connectivity index (χ2n) is 13.3. The van der Waals surface area contributed by atoms with Crippen molar-refractivity contribution in [2.75, 3.05) is 39.4 Å². The van der Waals surface area contributed by atoms with Gasteiger partial charge in [0.1, 0.15) is 11.6 Å². The van der Waals surface area contributed by atoms with Crippen molar-refractivity contribution >= 4 is 50.7 Å². The number of halogens is 1. The number of hydrogen-bond acceptors (Lipinski definition) is 6. The lowest BCUT2D eigenvalue weighted by Gasteiger charge is -2.35. The molecule has 10 heteroatoms. The van der Waals surface area contributed by atoms with Crippen LogP contribution in [-0.4, -0.2) is 73.6 Å². The largest absolute Gasteiger partial charge is 0.381 e. The monoisotopic (exact) mass is 664 g/mol. The lowest BCUT2D eigenvalue weighted by atomic mass is 9.93. The van der Waals surface area contributed by atoms with E-state index in [1.165, 1.54) is 11.3 Å². The van der Waals surface area contributed by atoms with Crippen molar-refractivity contribution in [3.63, 3.8) is 0 Å². The first-order chi connectivity index (χ1) is 22.4. The number of hydrogen-bond donors (Lipinski definition) is 3. The van der Waals surface area contributed by atoms with Crippen molar-refractivity contribution in [1.82, 2.24) is 20.9 Å². The van der Waals surface area contributed by atoms with Crippen molar-refractivity contribution in [1.29, 1.82) is 0 Å². The second kappa shape index (κ2) is 15.3. The summed E-state index contributed by atoms with van der Waals surface area (Å²) in [6, 6.07) is 16.4. The molecule has 0 bridgehead atoms. The van der Waals surface area contributed by atoms with Crippen LogP contribution in [0, 0.1) is 11.8 Å². The van der Waals surface area contributed by atoms with E-state index in [-0.39, 0.29) is 17.7 Å². The maximum atomic E-state index is 14.0. The minimum absolute atomic E-state index is 0.180. The average Bonchev–Trinajstić information content (AvgIpc) is 3.74. The molecule has 0 radical (unpaired) electrons. The number of piperidine rings is 1. The third-order valence-electron chi connectivity index (χ3n) is 10.00. The topological polar surface area (TPSA) is 99.8 Å². The number of amides is 3. The number of ether oxygens (including phenoxy) is 1. The normalized spacial score (nSPS) is 19.9. The van der Waals surface area contributed by atoms with Crippen LogP contribution in [0.15, 0.2) is 54.6 Å². The van der Waals surface area contributed by atoms with Crippen LogP contribution >= 0.6 is 22.9 Å². The van der Waals surface area contributed by atoms with Crippen molar-refractivity contribution in [2.45, 2.75) is 69.4 Å². The number of rotatable bonds is 11. The van der Waals surface area contributed by atoms with E-state index in [0.717, 1.165) is 92.9 Å². The summed E-state index contributed by atoms with van der Waals surface area (Å²) in [6.45, 7) is 5.60. The highest BCUT2D eigenvalue weighted by atomic mass is 35.5. The highest BCUT2D eigenvalue weighted by Gasteiger charge is 2.44. The zero-order valence-electron chi connectivity index (χ0n) is 26.4. The van der Waals surface area contributed by atoms with Gasteiger partial charge in [0, 0.05) is 32.7 Å². The number of likely N-dealkylation sites (tertiary alicyclic amines) is 1. The third-order valence-corrected chi connectivity index (χ3v) is 11.6. The van der Waals surface area contributed by atoms with Gasteiger partial charge in [-0.05, 0) is 86.5 Å². The maximum absolute atomic E-state index is 14.0. The van der Waals surface area contributed by atoms with E-state index in [4.69, 9.17) is 16.3 Å². The molecule has 2 saturated heterocycles. The van der Waals surface area contributed by atoms with Gasteiger partial charge in [-0.15, -0.1) is 11.3 Å².